The number of ether oxygens (including phenoxy) is 2. The summed E-state index contributed by atoms with van der Waals surface area (Å²) in [6.07, 6.45) is 4.28. The van der Waals surface area contributed by atoms with E-state index in [0.717, 1.165) is 38.8 Å². The highest BCUT2D eigenvalue weighted by Gasteiger charge is 2.34. The van der Waals surface area contributed by atoms with Crippen LogP contribution in [0.25, 0.3) is 0 Å². The largest absolute Gasteiger partial charge is 0.489 e. The third-order valence-electron chi connectivity index (χ3n) is 8.11. The number of hydrogen-bond acceptors (Lipinski definition) is 7. The number of anilines is 1. The Bertz CT molecular complexity index is 1380. The second-order valence-electron chi connectivity index (χ2n) is 11.4. The summed E-state index contributed by atoms with van der Waals surface area (Å²) in [7, 11) is 0. The molecule has 3 atom stereocenters. The van der Waals surface area contributed by atoms with Gasteiger partial charge in [-0.25, -0.2) is 4.39 Å². The Morgan fingerprint density at radius 1 is 1.07 bits per heavy atom. The van der Waals surface area contributed by atoms with Crippen molar-refractivity contribution in [2.75, 3.05) is 37.6 Å². The van der Waals surface area contributed by atoms with Crippen LogP contribution in [0.4, 0.5) is 10.2 Å². The molecule has 3 aromatic rings. The van der Waals surface area contributed by atoms with Gasteiger partial charge in [-0.05, 0) is 93.2 Å². The number of pyridine rings is 1. The van der Waals surface area contributed by atoms with Crippen molar-refractivity contribution in [3.05, 3.63) is 77.1 Å². The maximum Gasteiger partial charge on any atom is 0.225 e. The highest BCUT2D eigenvalue weighted by Crippen LogP contribution is 2.34. The maximum atomic E-state index is 13.5. The van der Waals surface area contributed by atoms with Crippen LogP contribution in [0.1, 0.15) is 43.8 Å². The first-order chi connectivity index (χ1) is 20.4. The molecule has 1 saturated carbocycles. The molecule has 1 aliphatic carbocycles. The number of aliphatic hydroxyl groups excluding tert-OH is 1. The molecule has 6 rings (SSSR count). The number of aromatic nitrogens is 1. The quantitative estimate of drug-likeness (QED) is 0.310. The Kier molecular flexibility index (Phi) is 8.79. The van der Waals surface area contributed by atoms with Crippen LogP contribution in [-0.4, -0.2) is 65.8 Å². The lowest BCUT2D eigenvalue weighted by Gasteiger charge is -2.30. The number of amides is 1. The molecule has 0 spiro atoms. The second kappa shape index (κ2) is 12.9. The zero-order valence-corrected chi connectivity index (χ0v) is 24.2. The predicted molar refractivity (Wildman–Crippen MR) is 159 cm³/mol. The van der Waals surface area contributed by atoms with Gasteiger partial charge in [0.05, 0.1) is 23.1 Å². The zero-order valence-electron chi connectivity index (χ0n) is 23.4. The number of halogens is 2. The minimum Gasteiger partial charge on any atom is -0.489 e. The molecule has 0 bridgehead atoms. The lowest BCUT2D eigenvalue weighted by atomic mass is 10.00. The standard InChI is InChI=1S/C32H36ClFN4O4/c33-26-18-21(6-13-28(26)41-24-11-12-24)31(39)27(20-37-15-1-2-16-37)35-32(40)22-14-17-38(19-22)29-4-3-5-30(36-29)42-25-9-7-23(34)8-10-25/h3-10,13,18,22,24,27,31,39H,1-2,11-12,14-17,19-20H2,(H,35,40)/t22?,27-,31-/m1/s1. The summed E-state index contributed by atoms with van der Waals surface area (Å²) in [6, 6.07) is 16.2. The van der Waals surface area contributed by atoms with E-state index in [1.165, 1.54) is 12.1 Å². The molecule has 222 valence electrons. The van der Waals surface area contributed by atoms with Crippen molar-refractivity contribution >= 4 is 23.3 Å². The molecule has 0 radical (unpaired) electrons. The van der Waals surface area contributed by atoms with Crippen molar-refractivity contribution in [3.8, 4) is 17.4 Å². The van der Waals surface area contributed by atoms with Gasteiger partial charge in [-0.3, -0.25) is 4.79 Å². The minimum absolute atomic E-state index is 0.0840. The van der Waals surface area contributed by atoms with Gasteiger partial charge >= 0.3 is 0 Å². The number of likely N-dealkylation sites (tertiary alicyclic amines) is 1. The molecule has 8 nitrogen and oxygen atoms in total. The summed E-state index contributed by atoms with van der Waals surface area (Å²) in [4.78, 5) is 22.5. The van der Waals surface area contributed by atoms with Crippen molar-refractivity contribution in [1.82, 2.24) is 15.2 Å². The van der Waals surface area contributed by atoms with Gasteiger partial charge in [0.1, 0.15) is 29.2 Å². The summed E-state index contributed by atoms with van der Waals surface area (Å²) >= 11 is 6.50. The minimum atomic E-state index is -0.915. The van der Waals surface area contributed by atoms with Crippen LogP contribution >= 0.6 is 11.6 Å². The van der Waals surface area contributed by atoms with E-state index in [1.807, 2.05) is 24.3 Å². The van der Waals surface area contributed by atoms with E-state index in [-0.39, 0.29) is 23.7 Å². The normalized spacial score (nSPS) is 20.4. The molecule has 2 aromatic carbocycles. The van der Waals surface area contributed by atoms with Crippen LogP contribution in [0.15, 0.2) is 60.7 Å². The summed E-state index contributed by atoms with van der Waals surface area (Å²) < 4.78 is 24.9. The molecule has 1 unspecified atom stereocenters. The van der Waals surface area contributed by atoms with Crippen molar-refractivity contribution < 1.29 is 23.8 Å². The van der Waals surface area contributed by atoms with Crippen LogP contribution in [0, 0.1) is 11.7 Å². The summed E-state index contributed by atoms with van der Waals surface area (Å²) in [5.41, 5.74) is 0.655. The molecule has 2 saturated heterocycles. The average molecular weight is 595 g/mol. The summed E-state index contributed by atoms with van der Waals surface area (Å²) in [5.74, 6) is 1.56. The smallest absolute Gasteiger partial charge is 0.225 e. The van der Waals surface area contributed by atoms with Crippen LogP contribution in [0.3, 0.4) is 0 Å². The monoisotopic (exact) mass is 594 g/mol. The van der Waals surface area contributed by atoms with Gasteiger partial charge in [-0.1, -0.05) is 23.7 Å². The van der Waals surface area contributed by atoms with Crippen molar-refractivity contribution in [1.29, 1.82) is 0 Å². The first-order valence-corrected chi connectivity index (χ1v) is 15.1. The lowest BCUT2D eigenvalue weighted by Crippen LogP contribution is -2.48. The number of rotatable bonds is 11. The first-order valence-electron chi connectivity index (χ1n) is 14.7. The molecule has 2 aliphatic heterocycles. The number of nitrogens with zero attached hydrogens (tertiary/aromatic N) is 3. The zero-order chi connectivity index (χ0) is 29.1. The predicted octanol–water partition coefficient (Wildman–Crippen LogP) is 5.35. The fraction of sp³-hybridized carbons (Fsp3) is 0.438. The number of aliphatic hydroxyl groups is 1. The molecular weight excluding hydrogens is 559 g/mol. The van der Waals surface area contributed by atoms with Crippen LogP contribution < -0.4 is 19.7 Å². The van der Waals surface area contributed by atoms with Crippen LogP contribution in [0.2, 0.25) is 5.02 Å². The fourth-order valence-corrected chi connectivity index (χ4v) is 5.84. The second-order valence-corrected chi connectivity index (χ2v) is 11.8. The van der Waals surface area contributed by atoms with Gasteiger partial charge in [0.2, 0.25) is 11.8 Å². The Labute approximate surface area is 250 Å². The molecule has 10 heteroatoms. The van der Waals surface area contributed by atoms with E-state index < -0.39 is 12.1 Å². The van der Waals surface area contributed by atoms with E-state index in [9.17, 15) is 14.3 Å². The molecule has 1 amide bonds. The van der Waals surface area contributed by atoms with Gasteiger partial charge in [0.15, 0.2) is 0 Å². The SMILES string of the molecule is O=C(N[C@H](CN1CCCC1)[C@H](O)c1ccc(OC2CC2)c(Cl)c1)C1CCN(c2cccc(Oc3ccc(F)cc3)n2)C1. The topological polar surface area (TPSA) is 87.2 Å². The fourth-order valence-electron chi connectivity index (χ4n) is 5.61. The van der Waals surface area contributed by atoms with Gasteiger partial charge in [-0.15, -0.1) is 0 Å². The van der Waals surface area contributed by atoms with E-state index in [4.69, 9.17) is 21.1 Å². The Morgan fingerprint density at radius 3 is 2.60 bits per heavy atom. The Morgan fingerprint density at radius 2 is 1.86 bits per heavy atom. The number of hydrogen-bond donors (Lipinski definition) is 2. The third kappa shape index (κ3) is 7.14. The van der Waals surface area contributed by atoms with E-state index in [0.29, 0.717) is 59.8 Å². The van der Waals surface area contributed by atoms with E-state index in [1.54, 1.807) is 24.3 Å². The lowest BCUT2D eigenvalue weighted by molar-refractivity contribution is -0.126. The van der Waals surface area contributed by atoms with Gasteiger partial charge in [-0.2, -0.15) is 4.98 Å². The van der Waals surface area contributed by atoms with Crippen molar-refractivity contribution in [2.45, 2.75) is 50.4 Å². The highest BCUT2D eigenvalue weighted by molar-refractivity contribution is 6.32. The van der Waals surface area contributed by atoms with Crippen LogP contribution in [0.5, 0.6) is 17.4 Å². The first kappa shape index (κ1) is 28.7. The Hall–Kier alpha value is -3.40. The van der Waals surface area contributed by atoms with Gasteiger partial charge in [0.25, 0.3) is 0 Å². The van der Waals surface area contributed by atoms with E-state index in [2.05, 4.69) is 20.1 Å². The molecule has 3 aliphatic rings. The molecule has 3 heterocycles. The highest BCUT2D eigenvalue weighted by atomic mass is 35.5. The summed E-state index contributed by atoms with van der Waals surface area (Å²) in [6.45, 7) is 3.64. The molecule has 3 fully saturated rings. The molecule has 1 aromatic heterocycles. The average Bonchev–Trinajstić information content (AvgIpc) is 3.42. The van der Waals surface area contributed by atoms with Crippen molar-refractivity contribution in [3.63, 3.8) is 0 Å². The van der Waals surface area contributed by atoms with Gasteiger partial charge in [0, 0.05) is 25.7 Å². The molecule has 42 heavy (non-hydrogen) atoms. The number of carbonyl (C=O) groups excluding carboxylic acids is 1. The van der Waals surface area contributed by atoms with Crippen molar-refractivity contribution in [2.24, 2.45) is 5.92 Å². The number of nitrogens with one attached hydrogen (secondary N) is 1. The van der Waals surface area contributed by atoms with Crippen LogP contribution in [-0.2, 0) is 4.79 Å². The molecule has 2 N–H and O–H groups in total. The third-order valence-corrected chi connectivity index (χ3v) is 8.40. The number of carbonyl (C=O) groups is 1. The Balaban J connectivity index is 1.10. The summed E-state index contributed by atoms with van der Waals surface area (Å²) in [5, 5.41) is 15.1. The maximum absolute atomic E-state index is 13.5. The van der Waals surface area contributed by atoms with E-state index >= 15 is 0 Å². The molecular formula is C32H36ClFN4O4. The van der Waals surface area contributed by atoms with Gasteiger partial charge < -0.3 is 29.7 Å². The number of benzene rings is 2.